The van der Waals surface area contributed by atoms with E-state index in [0.717, 1.165) is 29.4 Å². The Hall–Kier alpha value is -1.51. The molecule has 1 fully saturated rings. The lowest BCUT2D eigenvalue weighted by atomic mass is 9.89. The van der Waals surface area contributed by atoms with Gasteiger partial charge in [0.25, 0.3) is 0 Å². The van der Waals surface area contributed by atoms with Crippen LogP contribution in [0, 0.1) is 12.8 Å². The van der Waals surface area contributed by atoms with Crippen molar-refractivity contribution in [2.75, 3.05) is 17.2 Å². The van der Waals surface area contributed by atoms with Crippen LogP contribution >= 0.6 is 0 Å². The number of carbonyl (C=O) groups excluding carboxylic acids is 1. The van der Waals surface area contributed by atoms with E-state index in [1.165, 1.54) is 32.1 Å². The van der Waals surface area contributed by atoms with E-state index in [0.29, 0.717) is 0 Å². The summed E-state index contributed by atoms with van der Waals surface area (Å²) >= 11 is 0. The largest absolute Gasteiger partial charge is 0.385 e. The average Bonchev–Trinajstić information content (AvgIpc) is 2.40. The fourth-order valence-electron chi connectivity index (χ4n) is 2.71. The predicted octanol–water partition coefficient (Wildman–Crippen LogP) is 3.95. The quantitative estimate of drug-likeness (QED) is 0.860. The predicted molar refractivity (Wildman–Crippen MR) is 80.5 cm³/mol. The van der Waals surface area contributed by atoms with Crippen LogP contribution in [-0.2, 0) is 4.79 Å². The average molecular weight is 260 g/mol. The molecule has 1 saturated carbocycles. The molecular formula is C16H24N2O. The SMILES string of the molecule is CC(=O)Nc1cc(NCC2CCCCC2)ccc1C. The second kappa shape index (κ2) is 6.60. The third-order valence-electron chi connectivity index (χ3n) is 3.87. The first-order valence-electron chi connectivity index (χ1n) is 7.27. The van der Waals surface area contributed by atoms with Gasteiger partial charge in [0.05, 0.1) is 0 Å². The van der Waals surface area contributed by atoms with Crippen molar-refractivity contribution in [3.05, 3.63) is 23.8 Å². The number of rotatable bonds is 4. The Bertz CT molecular complexity index is 436. The van der Waals surface area contributed by atoms with E-state index in [1.54, 1.807) is 6.92 Å². The fourth-order valence-corrected chi connectivity index (χ4v) is 2.71. The molecule has 0 bridgehead atoms. The zero-order valence-corrected chi connectivity index (χ0v) is 12.0. The molecule has 0 saturated heterocycles. The third-order valence-corrected chi connectivity index (χ3v) is 3.87. The molecule has 2 N–H and O–H groups in total. The normalized spacial score (nSPS) is 16.1. The van der Waals surface area contributed by atoms with E-state index in [2.05, 4.69) is 22.8 Å². The van der Waals surface area contributed by atoms with Crippen LogP contribution in [0.5, 0.6) is 0 Å². The number of anilines is 2. The molecule has 0 aliphatic heterocycles. The molecule has 19 heavy (non-hydrogen) atoms. The maximum Gasteiger partial charge on any atom is 0.221 e. The number of aryl methyl sites for hydroxylation is 1. The Morgan fingerprint density at radius 1 is 1.26 bits per heavy atom. The van der Waals surface area contributed by atoms with Crippen LogP contribution in [0.1, 0.15) is 44.6 Å². The van der Waals surface area contributed by atoms with Crippen LogP contribution < -0.4 is 10.6 Å². The molecular weight excluding hydrogens is 236 g/mol. The molecule has 0 radical (unpaired) electrons. The highest BCUT2D eigenvalue weighted by Gasteiger charge is 2.13. The van der Waals surface area contributed by atoms with E-state index < -0.39 is 0 Å². The maximum absolute atomic E-state index is 11.2. The van der Waals surface area contributed by atoms with Crippen LogP contribution in [0.25, 0.3) is 0 Å². The van der Waals surface area contributed by atoms with Crippen molar-refractivity contribution < 1.29 is 4.79 Å². The first-order valence-corrected chi connectivity index (χ1v) is 7.27. The number of hydrogen-bond acceptors (Lipinski definition) is 2. The topological polar surface area (TPSA) is 41.1 Å². The summed E-state index contributed by atoms with van der Waals surface area (Å²) in [5.41, 5.74) is 3.10. The van der Waals surface area contributed by atoms with Gasteiger partial charge in [-0.2, -0.15) is 0 Å². The van der Waals surface area contributed by atoms with Gasteiger partial charge in [-0.3, -0.25) is 4.79 Å². The summed E-state index contributed by atoms with van der Waals surface area (Å²) in [6, 6.07) is 6.16. The van der Waals surface area contributed by atoms with Crippen LogP contribution in [0.15, 0.2) is 18.2 Å². The first-order chi connectivity index (χ1) is 9.15. The monoisotopic (exact) mass is 260 g/mol. The number of nitrogens with one attached hydrogen (secondary N) is 2. The van der Waals surface area contributed by atoms with Gasteiger partial charge < -0.3 is 10.6 Å². The van der Waals surface area contributed by atoms with Crippen LogP contribution in [0.4, 0.5) is 11.4 Å². The Morgan fingerprint density at radius 3 is 2.68 bits per heavy atom. The molecule has 1 aliphatic carbocycles. The summed E-state index contributed by atoms with van der Waals surface area (Å²) in [5.74, 6) is 0.784. The smallest absolute Gasteiger partial charge is 0.221 e. The standard InChI is InChI=1S/C16H24N2O/c1-12-8-9-15(10-16(12)18-13(2)19)17-11-14-6-4-3-5-7-14/h8-10,14,17H,3-7,11H2,1-2H3,(H,18,19). The minimum Gasteiger partial charge on any atom is -0.385 e. The van der Waals surface area contributed by atoms with E-state index in [4.69, 9.17) is 0 Å². The van der Waals surface area contributed by atoms with Gasteiger partial charge in [-0.05, 0) is 43.4 Å². The highest BCUT2D eigenvalue weighted by Crippen LogP contribution is 2.25. The molecule has 0 heterocycles. The summed E-state index contributed by atoms with van der Waals surface area (Å²) < 4.78 is 0. The maximum atomic E-state index is 11.2. The van der Waals surface area contributed by atoms with Crippen molar-refractivity contribution >= 4 is 17.3 Å². The van der Waals surface area contributed by atoms with Crippen molar-refractivity contribution in [2.24, 2.45) is 5.92 Å². The lowest BCUT2D eigenvalue weighted by Crippen LogP contribution is -2.17. The Kier molecular flexibility index (Phi) is 4.83. The van der Waals surface area contributed by atoms with Crippen molar-refractivity contribution in [1.82, 2.24) is 0 Å². The van der Waals surface area contributed by atoms with E-state index in [-0.39, 0.29) is 5.91 Å². The summed E-state index contributed by atoms with van der Waals surface area (Å²) in [7, 11) is 0. The highest BCUT2D eigenvalue weighted by molar-refractivity contribution is 5.90. The van der Waals surface area contributed by atoms with Crippen molar-refractivity contribution in [2.45, 2.75) is 46.0 Å². The van der Waals surface area contributed by atoms with Gasteiger partial charge >= 0.3 is 0 Å². The number of carbonyl (C=O) groups is 1. The first kappa shape index (κ1) is 13.9. The molecule has 1 aliphatic rings. The third kappa shape index (κ3) is 4.27. The van der Waals surface area contributed by atoms with Gasteiger partial charge in [-0.15, -0.1) is 0 Å². The number of hydrogen-bond donors (Lipinski definition) is 2. The van der Waals surface area contributed by atoms with Crippen molar-refractivity contribution in [1.29, 1.82) is 0 Å². The molecule has 0 aromatic heterocycles. The van der Waals surface area contributed by atoms with Gasteiger partial charge in [0.2, 0.25) is 5.91 Å². The second-order valence-corrected chi connectivity index (χ2v) is 5.60. The molecule has 0 unspecified atom stereocenters. The van der Waals surface area contributed by atoms with Gasteiger partial charge in [0.1, 0.15) is 0 Å². The van der Waals surface area contributed by atoms with E-state index in [1.807, 2.05) is 13.0 Å². The number of benzene rings is 1. The summed E-state index contributed by atoms with van der Waals surface area (Å²) in [6.07, 6.45) is 6.83. The molecule has 1 aromatic carbocycles. The lowest BCUT2D eigenvalue weighted by Gasteiger charge is -2.22. The fraction of sp³-hybridized carbons (Fsp3) is 0.562. The molecule has 1 amide bonds. The van der Waals surface area contributed by atoms with Gasteiger partial charge in [0, 0.05) is 24.8 Å². The van der Waals surface area contributed by atoms with Crippen LogP contribution in [-0.4, -0.2) is 12.5 Å². The van der Waals surface area contributed by atoms with Crippen LogP contribution in [0.3, 0.4) is 0 Å². The van der Waals surface area contributed by atoms with E-state index in [9.17, 15) is 4.79 Å². The molecule has 1 aromatic rings. The summed E-state index contributed by atoms with van der Waals surface area (Å²) in [5, 5.41) is 6.38. The minimum absolute atomic E-state index is 0.0208. The minimum atomic E-state index is -0.0208. The lowest BCUT2D eigenvalue weighted by molar-refractivity contribution is -0.114. The Labute approximate surface area is 115 Å². The number of amides is 1. The zero-order valence-electron chi connectivity index (χ0n) is 12.0. The van der Waals surface area contributed by atoms with Crippen LogP contribution in [0.2, 0.25) is 0 Å². The zero-order chi connectivity index (χ0) is 13.7. The van der Waals surface area contributed by atoms with Crippen molar-refractivity contribution in [3.63, 3.8) is 0 Å². The molecule has 3 heteroatoms. The van der Waals surface area contributed by atoms with Gasteiger partial charge in [0.15, 0.2) is 0 Å². The van der Waals surface area contributed by atoms with Crippen molar-refractivity contribution in [3.8, 4) is 0 Å². The second-order valence-electron chi connectivity index (χ2n) is 5.60. The summed E-state index contributed by atoms with van der Waals surface area (Å²) in [4.78, 5) is 11.2. The molecule has 104 valence electrons. The Balaban J connectivity index is 1.94. The van der Waals surface area contributed by atoms with Gasteiger partial charge in [-0.25, -0.2) is 0 Å². The molecule has 2 rings (SSSR count). The summed E-state index contributed by atoms with van der Waals surface area (Å²) in [6.45, 7) is 4.60. The van der Waals surface area contributed by atoms with Gasteiger partial charge in [-0.1, -0.05) is 25.3 Å². The molecule has 0 atom stereocenters. The molecule has 3 nitrogen and oxygen atoms in total. The highest BCUT2D eigenvalue weighted by atomic mass is 16.1. The Morgan fingerprint density at radius 2 is 2.00 bits per heavy atom. The van der Waals surface area contributed by atoms with E-state index >= 15 is 0 Å². The molecule has 0 spiro atoms.